The van der Waals surface area contributed by atoms with Crippen LogP contribution in [0.15, 0.2) is 82.0 Å². The van der Waals surface area contributed by atoms with E-state index in [-0.39, 0.29) is 5.43 Å². The molecule has 0 atom stereocenters. The van der Waals surface area contributed by atoms with E-state index in [1.54, 1.807) is 12.1 Å². The predicted molar refractivity (Wildman–Crippen MR) is 118 cm³/mol. The second-order valence-electron chi connectivity index (χ2n) is 7.83. The monoisotopic (exact) mass is 395 g/mol. The van der Waals surface area contributed by atoms with Gasteiger partial charge in [0.25, 0.3) is 0 Å². The van der Waals surface area contributed by atoms with Crippen molar-refractivity contribution in [3.63, 3.8) is 0 Å². The standard InChI is InChI=1S/C26H21NO3/c27-26(29)20-13-14-21-22(15-20)30-25(19-5-2-1-3-6-19)23(24(21)28)18-11-9-17(10-12-18)16-7-4-8-16/h1-3,5-6,9-16H,4,7-8H2,(H2,27,29). The van der Waals surface area contributed by atoms with E-state index in [1.165, 1.54) is 30.9 Å². The molecule has 1 aliphatic carbocycles. The van der Waals surface area contributed by atoms with Gasteiger partial charge in [0.2, 0.25) is 11.3 Å². The lowest BCUT2D eigenvalue weighted by Gasteiger charge is -2.25. The highest BCUT2D eigenvalue weighted by Crippen LogP contribution is 2.38. The molecule has 1 heterocycles. The number of nitrogens with two attached hydrogens (primary N) is 1. The van der Waals surface area contributed by atoms with Gasteiger partial charge in [-0.2, -0.15) is 0 Å². The summed E-state index contributed by atoms with van der Waals surface area (Å²) in [6.07, 6.45) is 3.75. The number of amides is 1. The van der Waals surface area contributed by atoms with Gasteiger partial charge in [-0.1, -0.05) is 61.0 Å². The maximum atomic E-state index is 13.5. The Morgan fingerprint density at radius 2 is 1.63 bits per heavy atom. The number of carbonyl (C=O) groups is 1. The lowest BCUT2D eigenvalue weighted by Crippen LogP contribution is -2.12. The number of fused-ring (bicyclic) bond motifs is 1. The molecule has 30 heavy (non-hydrogen) atoms. The zero-order chi connectivity index (χ0) is 20.7. The van der Waals surface area contributed by atoms with Crippen molar-refractivity contribution in [2.24, 2.45) is 5.73 Å². The molecule has 4 nitrogen and oxygen atoms in total. The molecule has 0 radical (unpaired) electrons. The van der Waals surface area contributed by atoms with Gasteiger partial charge in [-0.05, 0) is 48.1 Å². The molecule has 0 unspecified atom stereocenters. The van der Waals surface area contributed by atoms with E-state index in [2.05, 4.69) is 12.1 Å². The fourth-order valence-corrected chi connectivity index (χ4v) is 4.06. The van der Waals surface area contributed by atoms with Gasteiger partial charge in [0, 0.05) is 11.1 Å². The predicted octanol–water partition coefficient (Wildman–Crippen LogP) is 5.49. The van der Waals surface area contributed by atoms with E-state index in [1.807, 2.05) is 42.5 Å². The fraction of sp³-hybridized carbons (Fsp3) is 0.154. The van der Waals surface area contributed by atoms with E-state index in [0.29, 0.717) is 33.8 Å². The largest absolute Gasteiger partial charge is 0.455 e. The van der Waals surface area contributed by atoms with E-state index < -0.39 is 5.91 Å². The zero-order valence-electron chi connectivity index (χ0n) is 16.4. The van der Waals surface area contributed by atoms with Crippen LogP contribution in [0.3, 0.4) is 0 Å². The second kappa shape index (κ2) is 7.30. The Balaban J connectivity index is 1.74. The Labute approximate surface area is 174 Å². The average Bonchev–Trinajstić information content (AvgIpc) is 2.73. The van der Waals surface area contributed by atoms with Gasteiger partial charge in [0.1, 0.15) is 11.3 Å². The number of carbonyl (C=O) groups excluding carboxylic acids is 1. The summed E-state index contributed by atoms with van der Waals surface area (Å²) in [6.45, 7) is 0. The van der Waals surface area contributed by atoms with Crippen LogP contribution in [0, 0.1) is 0 Å². The second-order valence-corrected chi connectivity index (χ2v) is 7.83. The van der Waals surface area contributed by atoms with E-state index in [4.69, 9.17) is 10.2 Å². The van der Waals surface area contributed by atoms with Crippen LogP contribution in [0.4, 0.5) is 0 Å². The molecule has 4 aromatic rings. The Morgan fingerprint density at radius 1 is 0.900 bits per heavy atom. The molecule has 1 saturated carbocycles. The summed E-state index contributed by atoms with van der Waals surface area (Å²) in [6, 6.07) is 22.5. The van der Waals surface area contributed by atoms with Crippen molar-refractivity contribution in [2.45, 2.75) is 25.2 Å². The molecule has 1 aliphatic rings. The normalized spacial score (nSPS) is 13.9. The van der Waals surface area contributed by atoms with Gasteiger partial charge < -0.3 is 10.2 Å². The highest BCUT2D eigenvalue weighted by Gasteiger charge is 2.21. The molecule has 148 valence electrons. The molecule has 2 N–H and O–H groups in total. The summed E-state index contributed by atoms with van der Waals surface area (Å²) in [7, 11) is 0. The smallest absolute Gasteiger partial charge is 0.248 e. The number of rotatable bonds is 4. The van der Waals surface area contributed by atoms with Crippen molar-refractivity contribution >= 4 is 16.9 Å². The van der Waals surface area contributed by atoms with Crippen molar-refractivity contribution in [3.05, 3.63) is 94.1 Å². The number of benzene rings is 3. The van der Waals surface area contributed by atoms with Crippen molar-refractivity contribution in [2.75, 3.05) is 0 Å². The third-order valence-corrected chi connectivity index (χ3v) is 5.99. The summed E-state index contributed by atoms with van der Waals surface area (Å²) >= 11 is 0. The maximum Gasteiger partial charge on any atom is 0.248 e. The Morgan fingerprint density at radius 3 is 2.27 bits per heavy atom. The fourth-order valence-electron chi connectivity index (χ4n) is 4.06. The first-order valence-corrected chi connectivity index (χ1v) is 10.2. The minimum absolute atomic E-state index is 0.123. The van der Waals surface area contributed by atoms with Crippen molar-refractivity contribution < 1.29 is 9.21 Å². The highest BCUT2D eigenvalue weighted by molar-refractivity contribution is 5.97. The van der Waals surface area contributed by atoms with Crippen LogP contribution in [0.2, 0.25) is 0 Å². The minimum atomic E-state index is -0.559. The van der Waals surface area contributed by atoms with Crippen LogP contribution >= 0.6 is 0 Å². The van der Waals surface area contributed by atoms with Crippen LogP contribution in [-0.4, -0.2) is 5.91 Å². The van der Waals surface area contributed by atoms with Crippen LogP contribution in [-0.2, 0) is 0 Å². The molecule has 1 aromatic heterocycles. The zero-order valence-corrected chi connectivity index (χ0v) is 16.4. The SMILES string of the molecule is NC(=O)c1ccc2c(=O)c(-c3ccc(C4CCC4)cc3)c(-c3ccccc3)oc2c1. The third kappa shape index (κ3) is 3.11. The van der Waals surface area contributed by atoms with Gasteiger partial charge in [-0.15, -0.1) is 0 Å². The molecule has 0 saturated heterocycles. The Hall–Kier alpha value is -3.66. The average molecular weight is 395 g/mol. The molecule has 0 spiro atoms. The first-order chi connectivity index (χ1) is 14.6. The van der Waals surface area contributed by atoms with Crippen molar-refractivity contribution in [3.8, 4) is 22.5 Å². The number of hydrogen-bond acceptors (Lipinski definition) is 3. The summed E-state index contributed by atoms with van der Waals surface area (Å²) in [5, 5.41) is 0.428. The van der Waals surface area contributed by atoms with Gasteiger partial charge in [0.15, 0.2) is 0 Å². The van der Waals surface area contributed by atoms with Gasteiger partial charge in [-0.3, -0.25) is 9.59 Å². The topological polar surface area (TPSA) is 73.3 Å². The Bertz CT molecular complexity index is 1300. The quantitative estimate of drug-likeness (QED) is 0.496. The summed E-state index contributed by atoms with van der Waals surface area (Å²) in [5.41, 5.74) is 9.43. The van der Waals surface area contributed by atoms with Gasteiger partial charge >= 0.3 is 0 Å². The number of hydrogen-bond donors (Lipinski definition) is 1. The van der Waals surface area contributed by atoms with E-state index >= 15 is 0 Å². The summed E-state index contributed by atoms with van der Waals surface area (Å²) in [5.74, 6) is 0.565. The van der Waals surface area contributed by atoms with Crippen molar-refractivity contribution in [1.82, 2.24) is 0 Å². The van der Waals surface area contributed by atoms with Crippen LogP contribution in [0.25, 0.3) is 33.4 Å². The van der Waals surface area contributed by atoms with Gasteiger partial charge in [0.05, 0.1) is 10.9 Å². The van der Waals surface area contributed by atoms with Gasteiger partial charge in [-0.25, -0.2) is 0 Å². The van der Waals surface area contributed by atoms with E-state index in [0.717, 1.165) is 11.1 Å². The molecule has 0 bridgehead atoms. The third-order valence-electron chi connectivity index (χ3n) is 5.99. The molecule has 1 amide bonds. The highest BCUT2D eigenvalue weighted by atomic mass is 16.3. The first kappa shape index (κ1) is 18.4. The van der Waals surface area contributed by atoms with Crippen LogP contribution < -0.4 is 11.2 Å². The van der Waals surface area contributed by atoms with Crippen LogP contribution in [0.5, 0.6) is 0 Å². The van der Waals surface area contributed by atoms with Crippen LogP contribution in [0.1, 0.15) is 41.1 Å². The molecule has 0 aliphatic heterocycles. The molecule has 5 rings (SSSR count). The molecule has 1 fully saturated rings. The molecule has 3 aromatic carbocycles. The lowest BCUT2D eigenvalue weighted by atomic mass is 9.80. The summed E-state index contributed by atoms with van der Waals surface area (Å²) < 4.78 is 6.21. The maximum absolute atomic E-state index is 13.5. The Kier molecular flexibility index (Phi) is 4.47. The molecular weight excluding hydrogens is 374 g/mol. The molecular formula is C26H21NO3. The van der Waals surface area contributed by atoms with E-state index in [9.17, 15) is 9.59 Å². The number of primary amides is 1. The minimum Gasteiger partial charge on any atom is -0.455 e. The van der Waals surface area contributed by atoms with Crippen molar-refractivity contribution in [1.29, 1.82) is 0 Å². The summed E-state index contributed by atoms with van der Waals surface area (Å²) in [4.78, 5) is 25.1. The first-order valence-electron chi connectivity index (χ1n) is 10.2. The lowest BCUT2D eigenvalue weighted by molar-refractivity contribution is 0.100. The molecule has 4 heteroatoms.